The van der Waals surface area contributed by atoms with Crippen molar-refractivity contribution in [2.75, 3.05) is 0 Å². The Kier molecular flexibility index (Phi) is 2.75. The fraction of sp³-hybridized carbons (Fsp3) is 0.0833. The van der Waals surface area contributed by atoms with Crippen molar-refractivity contribution in [1.29, 1.82) is 0 Å². The van der Waals surface area contributed by atoms with Crippen molar-refractivity contribution in [3.63, 3.8) is 0 Å². The average Bonchev–Trinajstić information content (AvgIpc) is 2.95. The number of cyclic esters (lactones) is 1. The Hall–Kier alpha value is -3.10. The summed E-state index contributed by atoms with van der Waals surface area (Å²) < 4.78 is 19.7. The summed E-state index contributed by atoms with van der Waals surface area (Å²) >= 11 is 0. The van der Waals surface area contributed by atoms with Gasteiger partial charge in [-0.1, -0.05) is 0 Å². The SMILES string of the molecule is Cn1ncnc1C=C1OC(=O)c2cc(F)cc([N+](=O)[O-])c21. The van der Waals surface area contributed by atoms with Crippen molar-refractivity contribution in [2.24, 2.45) is 7.05 Å². The molecule has 21 heavy (non-hydrogen) atoms. The summed E-state index contributed by atoms with van der Waals surface area (Å²) in [5.41, 5.74) is -0.784. The number of esters is 1. The molecular weight excluding hydrogens is 283 g/mol. The lowest BCUT2D eigenvalue weighted by Gasteiger charge is -2.00. The molecule has 8 nitrogen and oxygen atoms in total. The Morgan fingerprint density at radius 2 is 2.24 bits per heavy atom. The molecule has 0 amide bonds. The van der Waals surface area contributed by atoms with Gasteiger partial charge in [0, 0.05) is 13.1 Å². The summed E-state index contributed by atoms with van der Waals surface area (Å²) in [6.45, 7) is 0. The van der Waals surface area contributed by atoms with Crippen molar-refractivity contribution in [2.45, 2.75) is 0 Å². The van der Waals surface area contributed by atoms with E-state index in [1.807, 2.05) is 0 Å². The maximum absolute atomic E-state index is 13.4. The van der Waals surface area contributed by atoms with E-state index in [1.165, 1.54) is 17.1 Å². The first-order chi connectivity index (χ1) is 9.97. The molecule has 0 radical (unpaired) electrons. The monoisotopic (exact) mass is 290 g/mol. The molecule has 1 aliphatic rings. The maximum atomic E-state index is 13.4. The molecular formula is C12H7FN4O4. The fourth-order valence-corrected chi connectivity index (χ4v) is 2.02. The first-order valence-corrected chi connectivity index (χ1v) is 5.73. The second-order valence-corrected chi connectivity index (χ2v) is 4.24. The van der Waals surface area contributed by atoms with Crippen LogP contribution in [0.2, 0.25) is 0 Å². The Morgan fingerprint density at radius 3 is 2.86 bits per heavy atom. The van der Waals surface area contributed by atoms with E-state index in [2.05, 4.69) is 10.1 Å². The minimum atomic E-state index is -0.877. The molecule has 0 spiro atoms. The zero-order valence-corrected chi connectivity index (χ0v) is 10.6. The van der Waals surface area contributed by atoms with E-state index in [4.69, 9.17) is 4.74 Å². The van der Waals surface area contributed by atoms with E-state index < -0.39 is 22.4 Å². The van der Waals surface area contributed by atoms with Gasteiger partial charge in [-0.15, -0.1) is 0 Å². The normalized spacial score (nSPS) is 15.1. The molecule has 2 heterocycles. The quantitative estimate of drug-likeness (QED) is 0.472. The van der Waals surface area contributed by atoms with Crippen molar-refractivity contribution < 1.29 is 18.8 Å². The average molecular weight is 290 g/mol. The third-order valence-electron chi connectivity index (χ3n) is 2.95. The molecule has 0 N–H and O–H groups in total. The van der Waals surface area contributed by atoms with E-state index in [0.717, 1.165) is 12.1 Å². The second kappa shape index (κ2) is 4.47. The summed E-state index contributed by atoms with van der Waals surface area (Å²) in [5, 5.41) is 14.9. The van der Waals surface area contributed by atoms with Crippen LogP contribution in [0.3, 0.4) is 0 Å². The van der Waals surface area contributed by atoms with Gasteiger partial charge in [-0.2, -0.15) is 5.10 Å². The number of rotatable bonds is 2. The number of ether oxygens (including phenoxy) is 1. The number of aryl methyl sites for hydroxylation is 1. The molecule has 1 aromatic carbocycles. The molecule has 0 atom stereocenters. The first kappa shape index (κ1) is 12.9. The highest BCUT2D eigenvalue weighted by atomic mass is 19.1. The predicted molar refractivity (Wildman–Crippen MR) is 67.3 cm³/mol. The minimum Gasteiger partial charge on any atom is -0.422 e. The molecule has 1 aromatic heterocycles. The van der Waals surface area contributed by atoms with E-state index in [1.54, 1.807) is 7.05 Å². The van der Waals surface area contributed by atoms with Crippen molar-refractivity contribution in [1.82, 2.24) is 14.8 Å². The largest absolute Gasteiger partial charge is 0.422 e. The minimum absolute atomic E-state index is 0.0576. The number of fused-ring (bicyclic) bond motifs is 1. The fourth-order valence-electron chi connectivity index (χ4n) is 2.02. The number of nitro benzene ring substituents is 1. The van der Waals surface area contributed by atoms with Gasteiger partial charge in [0.1, 0.15) is 23.5 Å². The van der Waals surface area contributed by atoms with Crippen LogP contribution in [0.1, 0.15) is 21.7 Å². The van der Waals surface area contributed by atoms with E-state index in [0.29, 0.717) is 5.82 Å². The van der Waals surface area contributed by atoms with Gasteiger partial charge in [0.2, 0.25) is 0 Å². The molecule has 3 rings (SSSR count). The number of halogens is 1. The maximum Gasteiger partial charge on any atom is 0.344 e. The van der Waals surface area contributed by atoms with Crippen molar-refractivity contribution in [3.8, 4) is 0 Å². The predicted octanol–water partition coefficient (Wildman–Crippen LogP) is 1.53. The van der Waals surface area contributed by atoms with E-state index in [-0.39, 0.29) is 16.9 Å². The third kappa shape index (κ3) is 2.04. The second-order valence-electron chi connectivity index (χ2n) is 4.24. The molecule has 2 aromatic rings. The van der Waals surface area contributed by atoms with Gasteiger partial charge in [0.25, 0.3) is 5.69 Å². The Labute approximate surface area is 116 Å². The van der Waals surface area contributed by atoms with E-state index in [9.17, 15) is 19.3 Å². The number of carbonyl (C=O) groups excluding carboxylic acids is 1. The number of hydrogen-bond donors (Lipinski definition) is 0. The third-order valence-corrected chi connectivity index (χ3v) is 2.95. The number of nitrogens with zero attached hydrogens (tertiary/aromatic N) is 4. The number of carbonyl (C=O) groups is 1. The van der Waals surface area contributed by atoms with Crippen LogP contribution < -0.4 is 0 Å². The highest BCUT2D eigenvalue weighted by molar-refractivity contribution is 6.07. The molecule has 1 aliphatic heterocycles. The van der Waals surface area contributed by atoms with Gasteiger partial charge in [-0.3, -0.25) is 10.1 Å². The van der Waals surface area contributed by atoms with Crippen molar-refractivity contribution in [3.05, 3.63) is 51.3 Å². The Balaban J connectivity index is 2.24. The van der Waals surface area contributed by atoms with Gasteiger partial charge in [0.15, 0.2) is 5.82 Å². The zero-order chi connectivity index (χ0) is 15.1. The summed E-state index contributed by atoms with van der Waals surface area (Å²) in [7, 11) is 1.61. The number of benzene rings is 1. The van der Waals surface area contributed by atoms with Crippen LogP contribution in [0.15, 0.2) is 18.5 Å². The molecule has 9 heteroatoms. The summed E-state index contributed by atoms with van der Waals surface area (Å²) in [4.78, 5) is 25.9. The Bertz CT molecular complexity index is 812. The summed E-state index contributed by atoms with van der Waals surface area (Å²) in [6.07, 6.45) is 2.62. The van der Waals surface area contributed by atoms with Crippen LogP contribution in [-0.4, -0.2) is 25.7 Å². The van der Waals surface area contributed by atoms with E-state index >= 15 is 0 Å². The van der Waals surface area contributed by atoms with Crippen LogP contribution in [0, 0.1) is 15.9 Å². The molecule has 0 saturated carbocycles. The van der Waals surface area contributed by atoms with Crippen molar-refractivity contribution >= 4 is 23.5 Å². The standard InChI is InChI=1S/C12H7FN4O4/c1-16-10(14-5-15-16)4-9-11-7(12(18)21-9)2-6(13)3-8(11)17(19)20/h2-5H,1H3. The summed E-state index contributed by atoms with van der Waals surface area (Å²) in [6, 6.07) is 1.65. The van der Waals surface area contributed by atoms with Crippen LogP contribution >= 0.6 is 0 Å². The summed E-state index contributed by atoms with van der Waals surface area (Å²) in [5.74, 6) is -1.44. The van der Waals surface area contributed by atoms with Gasteiger partial charge in [-0.25, -0.2) is 18.9 Å². The number of hydrogen-bond acceptors (Lipinski definition) is 6. The lowest BCUT2D eigenvalue weighted by Crippen LogP contribution is -1.98. The zero-order valence-electron chi connectivity index (χ0n) is 10.6. The van der Waals surface area contributed by atoms with Crippen LogP contribution in [0.5, 0.6) is 0 Å². The Morgan fingerprint density at radius 1 is 1.48 bits per heavy atom. The molecule has 0 bridgehead atoms. The van der Waals surface area contributed by atoms with Gasteiger partial charge >= 0.3 is 5.97 Å². The molecule has 0 fully saturated rings. The van der Waals surface area contributed by atoms with Gasteiger partial charge < -0.3 is 4.74 Å². The van der Waals surface area contributed by atoms with Gasteiger partial charge in [-0.05, 0) is 6.07 Å². The van der Waals surface area contributed by atoms with Crippen LogP contribution in [-0.2, 0) is 11.8 Å². The lowest BCUT2D eigenvalue weighted by atomic mass is 10.1. The van der Waals surface area contributed by atoms with Gasteiger partial charge in [0.05, 0.1) is 16.6 Å². The topological polar surface area (TPSA) is 100 Å². The number of nitro groups is 1. The lowest BCUT2D eigenvalue weighted by molar-refractivity contribution is -0.385. The first-order valence-electron chi connectivity index (χ1n) is 5.73. The highest BCUT2D eigenvalue weighted by Gasteiger charge is 2.35. The molecule has 0 unspecified atom stereocenters. The van der Waals surface area contributed by atoms with Crippen LogP contribution in [0.4, 0.5) is 10.1 Å². The highest BCUT2D eigenvalue weighted by Crippen LogP contribution is 2.38. The molecule has 0 aliphatic carbocycles. The molecule has 106 valence electrons. The number of aromatic nitrogens is 3. The van der Waals surface area contributed by atoms with Crippen LogP contribution in [0.25, 0.3) is 11.8 Å². The molecule has 0 saturated heterocycles. The smallest absolute Gasteiger partial charge is 0.344 e.